The third-order valence-corrected chi connectivity index (χ3v) is 4.61. The van der Waals surface area contributed by atoms with Gasteiger partial charge >= 0.3 is 5.76 Å². The molecule has 26 heavy (non-hydrogen) atoms. The van der Waals surface area contributed by atoms with Crippen molar-refractivity contribution in [3.63, 3.8) is 0 Å². The molecule has 1 aliphatic rings. The average Bonchev–Trinajstić information content (AvgIpc) is 3.03. The van der Waals surface area contributed by atoms with Gasteiger partial charge in [0, 0.05) is 18.0 Å². The predicted octanol–water partition coefficient (Wildman–Crippen LogP) is 2.09. The van der Waals surface area contributed by atoms with Crippen LogP contribution in [0.15, 0.2) is 58.1 Å². The van der Waals surface area contributed by atoms with Crippen LogP contribution >= 0.6 is 0 Å². The Morgan fingerprint density at radius 1 is 1.27 bits per heavy atom. The monoisotopic (exact) mass is 350 g/mol. The largest absolute Gasteiger partial charge is 0.442 e. The molecule has 0 radical (unpaired) electrons. The lowest BCUT2D eigenvalue weighted by Crippen LogP contribution is -2.35. The number of hydrogen-bond acceptors (Lipinski definition) is 5. The Morgan fingerprint density at radius 3 is 3.00 bits per heavy atom. The maximum Gasteiger partial charge on any atom is 0.442 e. The van der Waals surface area contributed by atoms with Crippen LogP contribution in [0, 0.1) is 0 Å². The predicted molar refractivity (Wildman–Crippen MR) is 94.3 cm³/mol. The Morgan fingerprint density at radius 2 is 2.15 bits per heavy atom. The van der Waals surface area contributed by atoms with Crippen LogP contribution in [0.3, 0.4) is 0 Å². The maximum atomic E-state index is 12.6. The van der Waals surface area contributed by atoms with E-state index >= 15 is 0 Å². The summed E-state index contributed by atoms with van der Waals surface area (Å²) in [7, 11) is 0. The van der Waals surface area contributed by atoms with Crippen molar-refractivity contribution in [2.24, 2.45) is 0 Å². The molecular formula is C19H18N4O3. The Hall–Kier alpha value is -3.22. The highest BCUT2D eigenvalue weighted by molar-refractivity contribution is 5.77. The van der Waals surface area contributed by atoms with Gasteiger partial charge in [0.15, 0.2) is 5.82 Å². The van der Waals surface area contributed by atoms with Gasteiger partial charge in [-0.05, 0) is 42.5 Å². The van der Waals surface area contributed by atoms with Crippen molar-refractivity contribution in [3.05, 3.63) is 70.5 Å². The molecule has 3 aromatic rings. The van der Waals surface area contributed by atoms with Crippen molar-refractivity contribution in [1.29, 1.82) is 0 Å². The second kappa shape index (κ2) is 6.95. The number of nitrogens with zero attached hydrogens (tertiary/aromatic N) is 3. The number of pyridine rings is 1. The van der Waals surface area contributed by atoms with Gasteiger partial charge in [-0.15, -0.1) is 0 Å². The van der Waals surface area contributed by atoms with Crippen molar-refractivity contribution >= 4 is 5.91 Å². The van der Waals surface area contributed by atoms with E-state index < -0.39 is 5.76 Å². The Labute approximate surface area is 149 Å². The van der Waals surface area contributed by atoms with Gasteiger partial charge in [0.2, 0.25) is 5.91 Å². The molecule has 1 amide bonds. The quantitative estimate of drug-likeness (QED) is 0.778. The van der Waals surface area contributed by atoms with Crippen molar-refractivity contribution < 1.29 is 9.32 Å². The normalized spacial score (nSPS) is 16.1. The summed E-state index contributed by atoms with van der Waals surface area (Å²) in [6.45, 7) is -0.148. The highest BCUT2D eigenvalue weighted by atomic mass is 16.5. The third kappa shape index (κ3) is 3.15. The first-order valence-electron chi connectivity index (χ1n) is 8.56. The van der Waals surface area contributed by atoms with E-state index in [-0.39, 0.29) is 18.5 Å². The highest BCUT2D eigenvalue weighted by Gasteiger charge is 2.23. The second-order valence-corrected chi connectivity index (χ2v) is 6.31. The van der Waals surface area contributed by atoms with Crippen LogP contribution in [0.2, 0.25) is 0 Å². The smallest absolute Gasteiger partial charge is 0.348 e. The zero-order valence-electron chi connectivity index (χ0n) is 14.1. The summed E-state index contributed by atoms with van der Waals surface area (Å²) in [5.74, 6) is -0.618. The number of hydrogen-bond donors (Lipinski definition) is 1. The topological polar surface area (TPSA) is 90.0 Å². The Balaban J connectivity index is 1.54. The summed E-state index contributed by atoms with van der Waals surface area (Å²) in [6.07, 6.45) is 6.13. The summed E-state index contributed by atoms with van der Waals surface area (Å²) in [5, 5.41) is 6.81. The number of carbonyl (C=O) groups excluding carboxylic acids is 1. The molecule has 0 saturated carbocycles. The molecule has 2 heterocycles. The summed E-state index contributed by atoms with van der Waals surface area (Å²) >= 11 is 0. The van der Waals surface area contributed by atoms with E-state index in [1.54, 1.807) is 24.5 Å². The van der Waals surface area contributed by atoms with Gasteiger partial charge in [-0.25, -0.2) is 9.36 Å². The highest BCUT2D eigenvalue weighted by Crippen LogP contribution is 2.29. The average molecular weight is 350 g/mol. The Bertz CT molecular complexity index is 978. The number of amides is 1. The van der Waals surface area contributed by atoms with Crippen molar-refractivity contribution in [2.45, 2.75) is 31.8 Å². The molecule has 7 heteroatoms. The van der Waals surface area contributed by atoms with E-state index in [1.165, 1.54) is 10.1 Å². The van der Waals surface area contributed by atoms with E-state index in [0.717, 1.165) is 24.8 Å². The first-order valence-corrected chi connectivity index (χ1v) is 8.56. The third-order valence-electron chi connectivity index (χ3n) is 4.61. The van der Waals surface area contributed by atoms with Gasteiger partial charge in [-0.2, -0.15) is 0 Å². The number of aryl methyl sites for hydroxylation is 1. The van der Waals surface area contributed by atoms with Crippen molar-refractivity contribution in [1.82, 2.24) is 20.0 Å². The van der Waals surface area contributed by atoms with Crippen molar-refractivity contribution in [3.8, 4) is 11.4 Å². The van der Waals surface area contributed by atoms with Crippen LogP contribution in [-0.2, 0) is 17.8 Å². The Kier molecular flexibility index (Phi) is 4.35. The minimum Gasteiger partial charge on any atom is -0.348 e. The van der Waals surface area contributed by atoms with Crippen LogP contribution in [0.5, 0.6) is 0 Å². The van der Waals surface area contributed by atoms with E-state index in [2.05, 4.69) is 21.5 Å². The van der Waals surface area contributed by atoms with E-state index in [4.69, 9.17) is 4.52 Å². The van der Waals surface area contributed by atoms with E-state index in [9.17, 15) is 9.59 Å². The molecule has 0 saturated heterocycles. The van der Waals surface area contributed by atoms with Gasteiger partial charge in [-0.1, -0.05) is 29.4 Å². The first kappa shape index (κ1) is 16.3. The molecule has 1 atom stereocenters. The number of rotatable bonds is 4. The molecule has 0 bridgehead atoms. The molecule has 0 aliphatic heterocycles. The number of nitrogens with one attached hydrogen (secondary N) is 1. The van der Waals surface area contributed by atoms with E-state index in [0.29, 0.717) is 11.4 Å². The zero-order valence-corrected chi connectivity index (χ0v) is 14.1. The zero-order chi connectivity index (χ0) is 17.9. The van der Waals surface area contributed by atoms with E-state index in [1.807, 2.05) is 18.2 Å². The summed E-state index contributed by atoms with van der Waals surface area (Å²) in [5.41, 5.74) is 3.04. The molecule has 1 aromatic carbocycles. The molecule has 4 rings (SSSR count). The number of fused-ring (bicyclic) bond motifs is 1. The molecule has 7 nitrogen and oxygen atoms in total. The van der Waals surface area contributed by atoms with Gasteiger partial charge in [0.05, 0.1) is 6.04 Å². The summed E-state index contributed by atoms with van der Waals surface area (Å²) in [4.78, 5) is 28.6. The lowest BCUT2D eigenvalue weighted by molar-refractivity contribution is -0.122. The maximum absolute atomic E-state index is 12.6. The number of carbonyl (C=O) groups is 1. The van der Waals surface area contributed by atoms with Crippen LogP contribution in [0.1, 0.15) is 30.0 Å². The number of benzene rings is 1. The van der Waals surface area contributed by atoms with Crippen LogP contribution in [-0.4, -0.2) is 20.6 Å². The second-order valence-electron chi connectivity index (χ2n) is 6.31. The molecule has 132 valence electrons. The van der Waals surface area contributed by atoms with Crippen molar-refractivity contribution in [2.75, 3.05) is 0 Å². The lowest BCUT2D eigenvalue weighted by Gasteiger charge is -2.26. The fourth-order valence-corrected chi connectivity index (χ4v) is 3.40. The molecule has 1 N–H and O–H groups in total. The molecule has 1 aliphatic carbocycles. The van der Waals surface area contributed by atoms with Gasteiger partial charge in [0.25, 0.3) is 0 Å². The SMILES string of the molecule is O=C(Cn1c(-c2cccnc2)noc1=O)NC1CCCc2ccccc21. The first-order chi connectivity index (χ1) is 12.7. The molecule has 1 unspecified atom stereocenters. The standard InChI is InChI=1S/C19H18N4O3/c24-17(21-16-9-3-6-13-5-1-2-8-15(13)16)12-23-18(22-26-19(23)25)14-7-4-10-20-11-14/h1-2,4-5,7-8,10-11,16H,3,6,9,12H2,(H,21,24). The van der Waals surface area contributed by atoms with Gasteiger partial charge < -0.3 is 5.32 Å². The minimum absolute atomic E-state index is 0.0372. The van der Waals surface area contributed by atoms with Crippen LogP contribution in [0.25, 0.3) is 11.4 Å². The molecule has 2 aromatic heterocycles. The lowest BCUT2D eigenvalue weighted by atomic mass is 9.88. The summed E-state index contributed by atoms with van der Waals surface area (Å²) < 4.78 is 5.97. The van der Waals surface area contributed by atoms with Crippen LogP contribution < -0.4 is 11.1 Å². The molecular weight excluding hydrogens is 332 g/mol. The number of aromatic nitrogens is 3. The van der Waals surface area contributed by atoms with Gasteiger partial charge in [0.1, 0.15) is 6.54 Å². The fraction of sp³-hybridized carbons (Fsp3) is 0.263. The minimum atomic E-state index is -0.664. The molecule has 0 fully saturated rings. The van der Waals surface area contributed by atoms with Gasteiger partial charge in [-0.3, -0.25) is 14.3 Å². The fourth-order valence-electron chi connectivity index (χ4n) is 3.40. The van der Waals surface area contributed by atoms with Crippen LogP contribution in [0.4, 0.5) is 0 Å². The summed E-state index contributed by atoms with van der Waals surface area (Å²) in [6, 6.07) is 11.6. The molecule has 0 spiro atoms.